The highest BCUT2D eigenvalue weighted by atomic mass is 32.2. The maximum atomic E-state index is 12.6. The Morgan fingerprint density at radius 1 is 1.22 bits per heavy atom. The summed E-state index contributed by atoms with van der Waals surface area (Å²) in [6.45, 7) is 1.04. The van der Waals surface area contributed by atoms with Crippen molar-refractivity contribution in [3.05, 3.63) is 24.2 Å². The molecule has 2 aromatic heterocycles. The van der Waals surface area contributed by atoms with Gasteiger partial charge >= 0.3 is 0 Å². The molecule has 27 heavy (non-hydrogen) atoms. The second kappa shape index (κ2) is 5.74. The number of aromatic nitrogens is 4. The number of nitrogens with zero attached hydrogens (tertiary/aromatic N) is 7. The number of aryl methyl sites for hydroxylation is 1. The topological polar surface area (TPSA) is 108 Å². The summed E-state index contributed by atoms with van der Waals surface area (Å²) in [7, 11) is -1.35. The highest BCUT2D eigenvalue weighted by Crippen LogP contribution is 2.41. The second-order valence-electron chi connectivity index (χ2n) is 7.46. The third kappa shape index (κ3) is 2.61. The van der Waals surface area contributed by atoms with Gasteiger partial charge in [-0.3, -0.25) is 4.68 Å². The van der Waals surface area contributed by atoms with Crippen LogP contribution in [0.1, 0.15) is 24.8 Å². The molecule has 4 heterocycles. The van der Waals surface area contributed by atoms with Gasteiger partial charge in [0.1, 0.15) is 11.6 Å². The first-order valence-corrected chi connectivity index (χ1v) is 10.5. The Labute approximate surface area is 157 Å². The second-order valence-corrected chi connectivity index (χ2v) is 9.62. The molecule has 3 aliphatic rings. The molecular weight excluding hydrogens is 366 g/mol. The van der Waals surface area contributed by atoms with E-state index in [9.17, 15) is 13.7 Å². The number of sulfonamides is 1. The van der Waals surface area contributed by atoms with Crippen molar-refractivity contribution in [2.24, 2.45) is 7.05 Å². The Bertz CT molecular complexity index is 1050. The van der Waals surface area contributed by atoms with Gasteiger partial charge in [0, 0.05) is 38.4 Å². The Morgan fingerprint density at radius 2 is 2.04 bits per heavy atom. The van der Waals surface area contributed by atoms with Crippen LogP contribution in [-0.2, 0) is 17.1 Å². The lowest BCUT2D eigenvalue weighted by Crippen LogP contribution is -2.50. The van der Waals surface area contributed by atoms with E-state index >= 15 is 0 Å². The van der Waals surface area contributed by atoms with Crippen molar-refractivity contribution in [2.45, 2.75) is 36.6 Å². The molecule has 0 radical (unpaired) electrons. The molecule has 0 amide bonds. The number of piperazine rings is 1. The molecule has 9 nitrogen and oxygen atoms in total. The number of hydrogen-bond donors (Lipinski definition) is 0. The molecule has 2 aromatic rings. The van der Waals surface area contributed by atoms with Crippen LogP contribution in [-0.4, -0.2) is 62.9 Å². The van der Waals surface area contributed by atoms with E-state index in [0.717, 1.165) is 24.8 Å². The molecule has 2 atom stereocenters. The highest BCUT2D eigenvalue weighted by molar-refractivity contribution is 7.90. The Kier molecular flexibility index (Phi) is 3.54. The molecule has 1 saturated carbocycles. The fourth-order valence-corrected chi connectivity index (χ4v) is 6.17. The summed E-state index contributed by atoms with van der Waals surface area (Å²) in [5, 5.41) is 13.5. The fourth-order valence-electron chi connectivity index (χ4n) is 4.11. The van der Waals surface area contributed by atoms with Gasteiger partial charge < -0.3 is 4.90 Å². The maximum Gasteiger partial charge on any atom is 0.217 e. The van der Waals surface area contributed by atoms with Gasteiger partial charge in [0.25, 0.3) is 0 Å². The van der Waals surface area contributed by atoms with Gasteiger partial charge in [-0.05, 0) is 19.3 Å². The minimum atomic E-state index is -3.17. The van der Waals surface area contributed by atoms with Gasteiger partial charge in [-0.2, -0.15) is 14.7 Å². The summed E-state index contributed by atoms with van der Waals surface area (Å²) in [4.78, 5) is 11.0. The minimum absolute atomic E-state index is 0.0380. The summed E-state index contributed by atoms with van der Waals surface area (Å²) in [6, 6.07) is 2.18. The summed E-state index contributed by atoms with van der Waals surface area (Å²) in [6.07, 6.45) is 7.38. The average Bonchev–Trinajstić information content (AvgIpc) is 3.14. The molecule has 0 unspecified atom stereocenters. The molecule has 3 fully saturated rings. The number of hydrogen-bond acceptors (Lipinski definition) is 7. The molecule has 5 rings (SSSR count). The van der Waals surface area contributed by atoms with Gasteiger partial charge in [-0.1, -0.05) is 0 Å². The summed E-state index contributed by atoms with van der Waals surface area (Å²) in [5.41, 5.74) is 1.19. The quantitative estimate of drug-likeness (QED) is 0.754. The van der Waals surface area contributed by atoms with Crippen LogP contribution >= 0.6 is 0 Å². The molecule has 10 heteroatoms. The fraction of sp³-hybridized carbons (Fsp3) is 0.529. The van der Waals surface area contributed by atoms with Crippen molar-refractivity contribution in [3.63, 3.8) is 0 Å². The monoisotopic (exact) mass is 385 g/mol. The normalized spacial score (nSPS) is 25.1. The Morgan fingerprint density at radius 3 is 2.63 bits per heavy atom. The zero-order chi connectivity index (χ0) is 18.8. The largest absolute Gasteiger partial charge is 0.349 e. The van der Waals surface area contributed by atoms with E-state index in [0.29, 0.717) is 30.3 Å². The van der Waals surface area contributed by atoms with E-state index in [1.54, 1.807) is 15.2 Å². The van der Waals surface area contributed by atoms with Crippen LogP contribution in [0.3, 0.4) is 0 Å². The van der Waals surface area contributed by atoms with E-state index in [1.807, 2.05) is 13.2 Å². The lowest BCUT2D eigenvalue weighted by Gasteiger charge is -2.34. The summed E-state index contributed by atoms with van der Waals surface area (Å²) >= 11 is 0. The van der Waals surface area contributed by atoms with Crippen molar-refractivity contribution in [2.75, 3.05) is 18.0 Å². The first-order chi connectivity index (χ1) is 13.0. The number of fused-ring (bicyclic) bond motifs is 2. The predicted molar refractivity (Wildman–Crippen MR) is 97.1 cm³/mol. The van der Waals surface area contributed by atoms with Crippen LogP contribution in [0.5, 0.6) is 0 Å². The molecule has 2 aliphatic heterocycles. The Balaban J connectivity index is 1.45. The molecule has 2 saturated heterocycles. The number of anilines is 1. The lowest BCUT2D eigenvalue weighted by atomic mass is 10.2. The van der Waals surface area contributed by atoms with Crippen molar-refractivity contribution >= 4 is 15.8 Å². The molecule has 0 N–H and O–H groups in total. The van der Waals surface area contributed by atoms with Crippen LogP contribution in [0.25, 0.3) is 11.4 Å². The predicted octanol–water partition coefficient (Wildman–Crippen LogP) is 0.504. The standard InChI is InChI=1S/C17H19N7O2S/c1-22-8-12(7-20-22)16-19-6-11(5-18)17(21-16)23-9-14-4-13(23)10-24(14)27(25,26)15-2-3-15/h6-8,13-15H,2-4,9-10H2,1H3/t13-,14+/m0/s1. The van der Waals surface area contributed by atoms with E-state index in [4.69, 9.17) is 0 Å². The number of nitriles is 1. The van der Waals surface area contributed by atoms with Crippen LogP contribution in [0.4, 0.5) is 5.82 Å². The van der Waals surface area contributed by atoms with Gasteiger partial charge in [-0.25, -0.2) is 18.4 Å². The van der Waals surface area contributed by atoms with Gasteiger partial charge in [0.15, 0.2) is 11.6 Å². The molecule has 2 bridgehead atoms. The van der Waals surface area contributed by atoms with Crippen LogP contribution in [0, 0.1) is 11.3 Å². The smallest absolute Gasteiger partial charge is 0.217 e. The highest BCUT2D eigenvalue weighted by Gasteiger charge is 2.52. The summed E-state index contributed by atoms with van der Waals surface area (Å²) < 4.78 is 28.6. The third-order valence-corrected chi connectivity index (χ3v) is 8.00. The summed E-state index contributed by atoms with van der Waals surface area (Å²) in [5.74, 6) is 1.10. The van der Waals surface area contributed by atoms with E-state index in [1.165, 1.54) is 6.20 Å². The zero-order valence-corrected chi connectivity index (χ0v) is 15.7. The molecule has 140 valence electrons. The van der Waals surface area contributed by atoms with Crippen LogP contribution < -0.4 is 4.90 Å². The van der Waals surface area contributed by atoms with Crippen LogP contribution in [0.15, 0.2) is 18.6 Å². The van der Waals surface area contributed by atoms with Gasteiger partial charge in [0.05, 0.1) is 23.2 Å². The Hall–Kier alpha value is -2.51. The first kappa shape index (κ1) is 16.6. The van der Waals surface area contributed by atoms with E-state index in [-0.39, 0.29) is 17.3 Å². The van der Waals surface area contributed by atoms with Crippen LogP contribution in [0.2, 0.25) is 0 Å². The van der Waals surface area contributed by atoms with E-state index in [2.05, 4.69) is 26.0 Å². The molecular formula is C17H19N7O2S. The van der Waals surface area contributed by atoms with Crippen molar-refractivity contribution in [3.8, 4) is 17.5 Å². The maximum absolute atomic E-state index is 12.6. The SMILES string of the molecule is Cn1cc(-c2ncc(C#N)c(N3C[C@H]4C[C@H]3CN4S(=O)(=O)C3CC3)n2)cn1. The minimum Gasteiger partial charge on any atom is -0.349 e. The van der Waals surface area contributed by atoms with Crippen molar-refractivity contribution in [1.82, 2.24) is 24.1 Å². The molecule has 0 aromatic carbocycles. The molecule has 1 aliphatic carbocycles. The zero-order valence-electron chi connectivity index (χ0n) is 14.9. The van der Waals surface area contributed by atoms with Crippen molar-refractivity contribution < 1.29 is 8.42 Å². The van der Waals surface area contributed by atoms with Crippen molar-refractivity contribution in [1.29, 1.82) is 5.26 Å². The first-order valence-electron chi connectivity index (χ1n) is 9.01. The van der Waals surface area contributed by atoms with Gasteiger partial charge in [-0.15, -0.1) is 0 Å². The van der Waals surface area contributed by atoms with E-state index < -0.39 is 10.0 Å². The average molecular weight is 385 g/mol. The third-order valence-electron chi connectivity index (χ3n) is 5.59. The van der Waals surface area contributed by atoms with Gasteiger partial charge in [0.2, 0.25) is 10.0 Å². The molecule has 0 spiro atoms. The lowest BCUT2D eigenvalue weighted by molar-refractivity contribution is 0.367. The number of rotatable bonds is 4.